The van der Waals surface area contributed by atoms with E-state index in [0.717, 1.165) is 5.92 Å². The van der Waals surface area contributed by atoms with Crippen molar-refractivity contribution >= 4 is 11.9 Å². The molecule has 2 bridgehead atoms. The average molecular weight is 220 g/mol. The highest BCUT2D eigenvalue weighted by Gasteiger charge is 2.41. The van der Waals surface area contributed by atoms with E-state index in [1.807, 2.05) is 0 Å². The molecule has 0 unspecified atom stereocenters. The second-order valence-electron chi connectivity index (χ2n) is 4.87. The zero-order chi connectivity index (χ0) is 10.1. The fourth-order valence-corrected chi connectivity index (χ4v) is 4.18. The van der Waals surface area contributed by atoms with Crippen LogP contribution in [0.5, 0.6) is 0 Å². The Labute approximate surface area is 96.2 Å². The first-order valence-corrected chi connectivity index (χ1v) is 6.74. The van der Waals surface area contributed by atoms with E-state index in [1.54, 1.807) is 0 Å². The van der Waals surface area contributed by atoms with Crippen LogP contribution in [0.3, 0.4) is 0 Å². The zero-order valence-corrected chi connectivity index (χ0v) is 9.88. The minimum Gasteiger partial charge on any atom is -0.257 e. The van der Waals surface area contributed by atoms with Gasteiger partial charge < -0.3 is 0 Å². The summed E-state index contributed by atoms with van der Waals surface area (Å²) in [4.78, 5) is 1.44. The number of benzene rings is 1. The van der Waals surface area contributed by atoms with E-state index in [1.165, 1.54) is 47.7 Å². The quantitative estimate of drug-likeness (QED) is 0.544. The third-order valence-electron chi connectivity index (χ3n) is 3.88. The summed E-state index contributed by atoms with van der Waals surface area (Å²) in [5.74, 6) is 1.06. The van der Waals surface area contributed by atoms with Gasteiger partial charge in [0.1, 0.15) is 11.9 Å². The summed E-state index contributed by atoms with van der Waals surface area (Å²) in [6, 6.07) is 10.9. The first-order chi connectivity index (χ1) is 7.36. The topological polar surface area (TPSA) is 0 Å². The van der Waals surface area contributed by atoms with E-state index in [2.05, 4.69) is 42.3 Å². The van der Waals surface area contributed by atoms with Gasteiger partial charge in [0, 0.05) is 19.3 Å². The molecule has 0 spiro atoms. The van der Waals surface area contributed by atoms with Gasteiger partial charge >= 0.3 is 0 Å². The number of fused-ring (bicyclic) bond motifs is 3. The highest BCUT2D eigenvalue weighted by Crippen LogP contribution is 2.42. The molecule has 0 N–H and O–H groups in total. The second-order valence-corrected chi connectivity index (χ2v) is 6.29. The van der Waals surface area contributed by atoms with Crippen molar-refractivity contribution in [3.63, 3.8) is 0 Å². The smallest absolute Gasteiger partial charge is 0.112 e. The number of nitrogens with zero attached hydrogens (tertiary/aromatic N) is 1. The molecule has 4 rings (SSSR count). The van der Waals surface area contributed by atoms with Crippen LogP contribution in [-0.2, 0) is 0 Å². The van der Waals surface area contributed by atoms with Crippen molar-refractivity contribution in [1.82, 2.24) is 0 Å². The summed E-state index contributed by atoms with van der Waals surface area (Å²) >= 11 is 2.09. The summed E-state index contributed by atoms with van der Waals surface area (Å²) in [6.45, 7) is 4.18. The van der Waals surface area contributed by atoms with E-state index in [0.29, 0.717) is 0 Å². The van der Waals surface area contributed by atoms with Gasteiger partial charge in [0.25, 0.3) is 0 Å². The molecule has 3 fully saturated rings. The molecule has 0 atom stereocenters. The van der Waals surface area contributed by atoms with Crippen LogP contribution in [0.4, 0.5) is 0 Å². The minimum absolute atomic E-state index is 1.06. The molecule has 0 aliphatic carbocycles. The molecule has 0 aromatic heterocycles. The molecule has 1 aromatic carbocycles. The molecule has 3 aliphatic rings. The maximum atomic E-state index is 2.25. The molecule has 1 aromatic rings. The lowest BCUT2D eigenvalue weighted by atomic mass is 9.88. The van der Waals surface area contributed by atoms with Crippen LogP contribution in [0.1, 0.15) is 19.3 Å². The van der Waals surface area contributed by atoms with Gasteiger partial charge in [0.2, 0.25) is 0 Å². The van der Waals surface area contributed by atoms with Gasteiger partial charge in [-0.05, 0) is 18.1 Å². The summed E-state index contributed by atoms with van der Waals surface area (Å²) in [5.41, 5.74) is 0. The van der Waals surface area contributed by atoms with Crippen LogP contribution in [0.15, 0.2) is 35.2 Å². The van der Waals surface area contributed by atoms with E-state index in [4.69, 9.17) is 0 Å². The fraction of sp³-hybridized carbons (Fsp3) is 0.538. The summed E-state index contributed by atoms with van der Waals surface area (Å²) in [6.07, 6.45) is 4.37. The van der Waals surface area contributed by atoms with Crippen LogP contribution in [0.25, 0.3) is 0 Å². The van der Waals surface area contributed by atoms with Gasteiger partial charge in [-0.25, -0.2) is 0 Å². The van der Waals surface area contributed by atoms with E-state index in [9.17, 15) is 0 Å². The van der Waals surface area contributed by atoms with Crippen LogP contribution < -0.4 is 0 Å². The van der Waals surface area contributed by atoms with E-state index >= 15 is 0 Å². The molecule has 0 saturated carbocycles. The summed E-state index contributed by atoms with van der Waals surface area (Å²) in [7, 11) is 0. The molecule has 80 valence electrons. The molecule has 0 amide bonds. The van der Waals surface area contributed by atoms with Gasteiger partial charge in [0.15, 0.2) is 0 Å². The predicted molar refractivity (Wildman–Crippen MR) is 64.5 cm³/mol. The van der Waals surface area contributed by atoms with Gasteiger partial charge in [-0.1, -0.05) is 18.2 Å². The second kappa shape index (κ2) is 3.84. The van der Waals surface area contributed by atoms with Crippen LogP contribution in [-0.4, -0.2) is 23.5 Å². The summed E-state index contributed by atoms with van der Waals surface area (Å²) in [5, 5.41) is 0. The maximum Gasteiger partial charge on any atom is 0.112 e. The van der Waals surface area contributed by atoms with Crippen LogP contribution >= 0.6 is 11.9 Å². The lowest BCUT2D eigenvalue weighted by Gasteiger charge is -2.46. The molecule has 0 radical (unpaired) electrons. The van der Waals surface area contributed by atoms with Crippen molar-refractivity contribution in [3.8, 4) is 0 Å². The Morgan fingerprint density at radius 2 is 1.53 bits per heavy atom. The van der Waals surface area contributed by atoms with Gasteiger partial charge in [0.05, 0.1) is 24.5 Å². The van der Waals surface area contributed by atoms with Crippen molar-refractivity contribution < 1.29 is 3.89 Å². The van der Waals surface area contributed by atoms with Gasteiger partial charge in [-0.15, -0.1) is 0 Å². The lowest BCUT2D eigenvalue weighted by Crippen LogP contribution is -2.53. The molecular formula is C13H18NS+. The van der Waals surface area contributed by atoms with Crippen molar-refractivity contribution in [2.24, 2.45) is 5.92 Å². The third-order valence-corrected chi connectivity index (χ3v) is 5.29. The number of hydrogen-bond acceptors (Lipinski definition) is 1. The van der Waals surface area contributed by atoms with Crippen molar-refractivity contribution in [3.05, 3.63) is 30.3 Å². The third kappa shape index (κ3) is 1.93. The molecule has 2 heteroatoms. The molecule has 1 nitrogen and oxygen atoms in total. The monoisotopic (exact) mass is 220 g/mol. The molecule has 15 heavy (non-hydrogen) atoms. The molecule has 3 saturated heterocycles. The van der Waals surface area contributed by atoms with Gasteiger partial charge in [-0.3, -0.25) is 3.89 Å². The fourth-order valence-electron chi connectivity index (χ4n) is 2.86. The Balaban J connectivity index is 1.76. The molecular weight excluding hydrogens is 202 g/mol. The summed E-state index contributed by atoms with van der Waals surface area (Å²) < 4.78 is 1.29. The van der Waals surface area contributed by atoms with E-state index in [-0.39, 0.29) is 0 Å². The van der Waals surface area contributed by atoms with Gasteiger partial charge in [-0.2, -0.15) is 0 Å². The first kappa shape index (κ1) is 9.73. The normalized spacial score (nSPS) is 34.3. The largest absolute Gasteiger partial charge is 0.257 e. The SMILES string of the molecule is c1ccc(S[N+]23CCC(CC2)CC3)cc1. The highest BCUT2D eigenvalue weighted by molar-refractivity contribution is 7.93. The first-order valence-electron chi connectivity index (χ1n) is 5.97. The van der Waals surface area contributed by atoms with E-state index < -0.39 is 0 Å². The Bertz CT molecular complexity index is 314. The Hall–Kier alpha value is -0.470. The lowest BCUT2D eigenvalue weighted by molar-refractivity contribution is -0.815. The Morgan fingerprint density at radius 3 is 2.13 bits per heavy atom. The molecule has 3 aliphatic heterocycles. The number of piperidine rings is 3. The predicted octanol–water partition coefficient (Wildman–Crippen LogP) is 3.32. The van der Waals surface area contributed by atoms with Crippen molar-refractivity contribution in [2.45, 2.75) is 24.2 Å². The standard InChI is InChI=1S/C13H18NS/c1-2-4-13(5-3-1)15-14-9-6-12(7-10-14)8-11-14/h1-5,12H,6-11H2/q+1. The van der Waals surface area contributed by atoms with Crippen molar-refractivity contribution in [1.29, 1.82) is 0 Å². The number of rotatable bonds is 2. The average Bonchev–Trinajstić information content (AvgIpc) is 2.32. The Kier molecular flexibility index (Phi) is 2.49. The minimum atomic E-state index is 1.06. The number of quaternary nitrogens is 1. The zero-order valence-electron chi connectivity index (χ0n) is 9.06. The number of hydrogen-bond donors (Lipinski definition) is 0. The van der Waals surface area contributed by atoms with Crippen LogP contribution in [0.2, 0.25) is 0 Å². The van der Waals surface area contributed by atoms with Crippen molar-refractivity contribution in [2.75, 3.05) is 19.6 Å². The molecule has 3 heterocycles. The maximum absolute atomic E-state index is 2.25. The Morgan fingerprint density at radius 1 is 0.933 bits per heavy atom. The van der Waals surface area contributed by atoms with Crippen LogP contribution in [0, 0.1) is 5.92 Å². The highest BCUT2D eigenvalue weighted by atomic mass is 32.2.